The van der Waals surface area contributed by atoms with E-state index >= 15 is 0 Å². The van der Waals surface area contributed by atoms with E-state index in [1.165, 1.54) is 5.39 Å². The Hall–Kier alpha value is -1.63. The highest BCUT2D eigenvalue weighted by molar-refractivity contribution is 6.01. The van der Waals surface area contributed by atoms with E-state index in [2.05, 4.69) is 12.1 Å². The molecule has 3 aromatic rings. The summed E-state index contributed by atoms with van der Waals surface area (Å²) in [5.41, 5.74) is 0.160. The van der Waals surface area contributed by atoms with Crippen LogP contribution in [-0.4, -0.2) is 0 Å². The van der Waals surface area contributed by atoms with Crippen LogP contribution in [0.25, 0.3) is 21.5 Å². The fourth-order valence-corrected chi connectivity index (χ4v) is 1.67. The molecule has 12 heavy (non-hydrogen) atoms. The van der Waals surface area contributed by atoms with Crippen LogP contribution in [0, 0.1) is 0 Å². The SMILES string of the molecule is O=c1cc2cc3cccc3cc12. The van der Waals surface area contributed by atoms with E-state index in [1.807, 2.05) is 18.2 Å². The van der Waals surface area contributed by atoms with Gasteiger partial charge in [0.2, 0.25) is 0 Å². The van der Waals surface area contributed by atoms with Crippen molar-refractivity contribution in [2.24, 2.45) is 0 Å². The molecule has 0 aliphatic heterocycles. The first-order valence-electron chi connectivity index (χ1n) is 3.93. The maximum atomic E-state index is 11.0. The molecule has 1 nitrogen and oxygen atoms in total. The van der Waals surface area contributed by atoms with Gasteiger partial charge in [0.1, 0.15) is 0 Å². The average molecular weight is 154 g/mol. The first-order chi connectivity index (χ1) is 5.84. The molecule has 0 bridgehead atoms. The van der Waals surface area contributed by atoms with Crippen molar-refractivity contribution in [3.05, 3.63) is 46.6 Å². The molecule has 1 heteroatoms. The van der Waals surface area contributed by atoms with E-state index in [4.69, 9.17) is 0 Å². The van der Waals surface area contributed by atoms with Gasteiger partial charge in [-0.2, -0.15) is 0 Å². The molecule has 0 aromatic heterocycles. The van der Waals surface area contributed by atoms with Gasteiger partial charge in [-0.1, -0.05) is 18.2 Å². The Bertz CT molecular complexity index is 583. The van der Waals surface area contributed by atoms with Gasteiger partial charge in [0, 0.05) is 5.39 Å². The topological polar surface area (TPSA) is 17.1 Å². The molecular weight excluding hydrogens is 148 g/mol. The van der Waals surface area contributed by atoms with Crippen molar-refractivity contribution in [2.75, 3.05) is 0 Å². The highest BCUT2D eigenvalue weighted by Crippen LogP contribution is 2.22. The molecule has 0 atom stereocenters. The van der Waals surface area contributed by atoms with Crippen molar-refractivity contribution in [1.29, 1.82) is 0 Å². The molecule has 56 valence electrons. The normalized spacial score (nSPS) is 11.7. The fraction of sp³-hybridized carbons (Fsp3) is 0. The van der Waals surface area contributed by atoms with Crippen LogP contribution in [0.15, 0.2) is 41.2 Å². The summed E-state index contributed by atoms with van der Waals surface area (Å²) < 4.78 is 0. The lowest BCUT2D eigenvalue weighted by molar-refractivity contribution is 1.69. The summed E-state index contributed by atoms with van der Waals surface area (Å²) in [6.07, 6.45) is 0. The second-order valence-electron chi connectivity index (χ2n) is 3.10. The minimum absolute atomic E-state index is 0.160. The summed E-state index contributed by atoms with van der Waals surface area (Å²) in [5.74, 6) is 0. The largest absolute Gasteiger partial charge is 0.289 e. The molecule has 0 saturated heterocycles. The van der Waals surface area contributed by atoms with Gasteiger partial charge in [-0.15, -0.1) is 0 Å². The highest BCUT2D eigenvalue weighted by Gasteiger charge is 2.04. The van der Waals surface area contributed by atoms with Crippen molar-refractivity contribution in [3.63, 3.8) is 0 Å². The zero-order chi connectivity index (χ0) is 8.13. The molecule has 0 saturated carbocycles. The maximum absolute atomic E-state index is 11.0. The monoisotopic (exact) mass is 154 g/mol. The van der Waals surface area contributed by atoms with Crippen molar-refractivity contribution >= 4 is 21.5 Å². The quantitative estimate of drug-likeness (QED) is 0.485. The zero-order valence-electron chi connectivity index (χ0n) is 6.37. The van der Waals surface area contributed by atoms with E-state index in [1.54, 1.807) is 6.07 Å². The molecule has 3 rings (SSSR count). The molecule has 0 aliphatic carbocycles. The zero-order valence-corrected chi connectivity index (χ0v) is 6.37. The van der Waals surface area contributed by atoms with Gasteiger partial charge in [-0.3, -0.25) is 4.79 Å². The third kappa shape index (κ3) is 0.565. The summed E-state index contributed by atoms with van der Waals surface area (Å²) in [6, 6.07) is 11.8. The summed E-state index contributed by atoms with van der Waals surface area (Å²) >= 11 is 0. The molecule has 0 radical (unpaired) electrons. The lowest BCUT2D eigenvalue weighted by atomic mass is 10.0. The minimum atomic E-state index is 0.160. The van der Waals surface area contributed by atoms with E-state index in [0.717, 1.165) is 16.2 Å². The van der Waals surface area contributed by atoms with Crippen LogP contribution >= 0.6 is 0 Å². The van der Waals surface area contributed by atoms with E-state index < -0.39 is 0 Å². The number of benzene rings is 1. The highest BCUT2D eigenvalue weighted by atomic mass is 16.1. The maximum Gasteiger partial charge on any atom is 0.187 e. The molecule has 0 amide bonds. The number of rotatable bonds is 0. The third-order valence-corrected chi connectivity index (χ3v) is 2.36. The lowest BCUT2D eigenvalue weighted by Gasteiger charge is -1.99. The van der Waals surface area contributed by atoms with Crippen molar-refractivity contribution in [1.82, 2.24) is 0 Å². The van der Waals surface area contributed by atoms with Crippen LogP contribution in [-0.2, 0) is 0 Å². The van der Waals surface area contributed by atoms with Gasteiger partial charge < -0.3 is 0 Å². The Morgan fingerprint density at radius 2 is 1.58 bits per heavy atom. The number of fused-ring (bicyclic) bond motifs is 2. The standard InChI is InChI=1S/C11H6O/c12-11-6-9-4-7-2-1-3-8(7)5-10(9)11/h1-6H. The first-order valence-corrected chi connectivity index (χ1v) is 3.93. The second-order valence-corrected chi connectivity index (χ2v) is 3.10. The Labute approximate surface area is 68.9 Å². The van der Waals surface area contributed by atoms with Crippen LogP contribution in [0.5, 0.6) is 0 Å². The van der Waals surface area contributed by atoms with Crippen LogP contribution < -0.4 is 5.43 Å². The Balaban J connectivity index is 2.62. The summed E-state index contributed by atoms with van der Waals surface area (Å²) in [6.45, 7) is 0. The molecule has 0 aliphatic rings. The van der Waals surface area contributed by atoms with Crippen LogP contribution in [0.4, 0.5) is 0 Å². The van der Waals surface area contributed by atoms with Gasteiger partial charge in [-0.25, -0.2) is 0 Å². The molecular formula is C11H6O. The van der Waals surface area contributed by atoms with Gasteiger partial charge in [0.25, 0.3) is 0 Å². The fourth-order valence-electron chi connectivity index (χ4n) is 1.67. The molecule has 3 aromatic carbocycles. The molecule has 0 spiro atoms. The Kier molecular flexibility index (Phi) is 0.867. The van der Waals surface area contributed by atoms with E-state index in [-0.39, 0.29) is 5.43 Å². The van der Waals surface area contributed by atoms with Crippen LogP contribution in [0.2, 0.25) is 0 Å². The lowest BCUT2D eigenvalue weighted by Crippen LogP contribution is -2.03. The molecule has 0 unspecified atom stereocenters. The predicted octanol–water partition coefficient (Wildman–Crippen LogP) is 2.23. The molecule has 0 heterocycles. The van der Waals surface area contributed by atoms with Crippen LogP contribution in [0.1, 0.15) is 0 Å². The summed E-state index contributed by atoms with van der Waals surface area (Å²) in [7, 11) is 0. The van der Waals surface area contributed by atoms with Gasteiger partial charge in [-0.05, 0) is 34.4 Å². The Morgan fingerprint density at radius 1 is 0.833 bits per heavy atom. The van der Waals surface area contributed by atoms with Gasteiger partial charge in [0.05, 0.1) is 0 Å². The Morgan fingerprint density at radius 3 is 2.33 bits per heavy atom. The summed E-state index contributed by atoms with van der Waals surface area (Å²) in [4.78, 5) is 11.0. The second kappa shape index (κ2) is 1.75. The van der Waals surface area contributed by atoms with Crippen molar-refractivity contribution in [3.8, 4) is 0 Å². The summed E-state index contributed by atoms with van der Waals surface area (Å²) in [5, 5.41) is 4.33. The van der Waals surface area contributed by atoms with Crippen molar-refractivity contribution in [2.45, 2.75) is 0 Å². The molecule has 0 N–H and O–H groups in total. The third-order valence-electron chi connectivity index (χ3n) is 2.36. The van der Waals surface area contributed by atoms with Gasteiger partial charge in [0.15, 0.2) is 5.43 Å². The number of hydrogen-bond donors (Lipinski definition) is 0. The van der Waals surface area contributed by atoms with E-state index in [9.17, 15) is 4.79 Å². The van der Waals surface area contributed by atoms with E-state index in [0.29, 0.717) is 0 Å². The van der Waals surface area contributed by atoms with Gasteiger partial charge >= 0.3 is 0 Å². The average Bonchev–Trinajstić information content (AvgIpc) is 2.49. The predicted molar refractivity (Wildman–Crippen MR) is 50.1 cm³/mol. The first kappa shape index (κ1) is 5.95. The van der Waals surface area contributed by atoms with Crippen LogP contribution in [0.3, 0.4) is 0 Å². The van der Waals surface area contributed by atoms with Crippen molar-refractivity contribution < 1.29 is 0 Å². The number of hydrogen-bond acceptors (Lipinski definition) is 1. The minimum Gasteiger partial charge on any atom is -0.289 e. The molecule has 0 fully saturated rings. The smallest absolute Gasteiger partial charge is 0.187 e.